The summed E-state index contributed by atoms with van der Waals surface area (Å²) in [5.74, 6) is 0. The van der Waals surface area contributed by atoms with Crippen LogP contribution in [0.25, 0.3) is 121 Å². The minimum absolute atomic E-state index is 0.0941. The fourth-order valence-electron chi connectivity index (χ4n) is 10.3. The van der Waals surface area contributed by atoms with E-state index in [4.69, 9.17) is 8.83 Å². The minimum Gasteiger partial charge on any atom is -0.456 e. The molecule has 0 fully saturated rings. The molecule has 2 aromatic heterocycles. The smallest absolute Gasteiger partial charge is 0.136 e. The van der Waals surface area contributed by atoms with Gasteiger partial charge in [-0.25, -0.2) is 0 Å². The Bertz CT molecular complexity index is 3730. The molecule has 2 heteroatoms. The average Bonchev–Trinajstić information content (AvgIpc) is 3.91. The van der Waals surface area contributed by atoms with E-state index in [1.807, 2.05) is 12.1 Å². The molecule has 59 heavy (non-hydrogen) atoms. The predicted octanol–water partition coefficient (Wildman–Crippen LogP) is 16.3. The summed E-state index contributed by atoms with van der Waals surface area (Å²) in [6.45, 7) is 4.71. The second-order valence-corrected chi connectivity index (χ2v) is 16.8. The number of benzene rings is 10. The number of fused-ring (bicyclic) bond motifs is 15. The van der Waals surface area contributed by atoms with Crippen molar-refractivity contribution in [3.05, 3.63) is 193 Å². The molecule has 13 rings (SSSR count). The summed E-state index contributed by atoms with van der Waals surface area (Å²) in [6, 6.07) is 66.8. The number of para-hydroxylation sites is 1. The summed E-state index contributed by atoms with van der Waals surface area (Å²) in [6.07, 6.45) is 0. The van der Waals surface area contributed by atoms with E-state index in [2.05, 4.69) is 184 Å². The monoisotopic (exact) mass is 752 g/mol. The van der Waals surface area contributed by atoms with Gasteiger partial charge >= 0.3 is 0 Å². The zero-order valence-corrected chi connectivity index (χ0v) is 32.6. The van der Waals surface area contributed by atoms with Gasteiger partial charge in [0.25, 0.3) is 0 Å². The molecule has 0 spiro atoms. The lowest BCUT2D eigenvalue weighted by Gasteiger charge is -2.22. The zero-order valence-electron chi connectivity index (χ0n) is 32.6. The van der Waals surface area contributed by atoms with Crippen LogP contribution in [0.4, 0.5) is 0 Å². The Morgan fingerprint density at radius 1 is 0.271 bits per heavy atom. The molecule has 1 aliphatic rings. The van der Waals surface area contributed by atoms with Gasteiger partial charge in [0.1, 0.15) is 22.3 Å². The molecule has 276 valence electrons. The van der Waals surface area contributed by atoms with Crippen molar-refractivity contribution in [3.63, 3.8) is 0 Å². The highest BCUT2D eigenvalue weighted by atomic mass is 16.3. The second-order valence-electron chi connectivity index (χ2n) is 16.8. The Hall–Kier alpha value is -7.42. The van der Waals surface area contributed by atoms with E-state index in [1.54, 1.807) is 0 Å². The molecule has 0 saturated heterocycles. The molecule has 0 saturated carbocycles. The SMILES string of the molecule is CC1(C)c2ccccc2-c2ccc(-c3cc(-c4ccc5oc6cc7c(cc6c5c4)oc4ccccc47)cc(-c4ccc5c6ccccc6c6ccccc6c5c4)c3)cc21. The molecule has 0 amide bonds. The first kappa shape index (κ1) is 32.6. The van der Waals surface area contributed by atoms with E-state index >= 15 is 0 Å². The summed E-state index contributed by atoms with van der Waals surface area (Å²) in [4.78, 5) is 0. The Balaban J connectivity index is 1.03. The summed E-state index contributed by atoms with van der Waals surface area (Å²) < 4.78 is 12.8. The Labute approximate surface area is 340 Å². The van der Waals surface area contributed by atoms with E-state index in [-0.39, 0.29) is 5.41 Å². The van der Waals surface area contributed by atoms with Crippen molar-refractivity contribution < 1.29 is 8.83 Å². The molecular formula is C57H36O2. The average molecular weight is 753 g/mol. The first-order valence-electron chi connectivity index (χ1n) is 20.5. The highest BCUT2D eigenvalue weighted by molar-refractivity contribution is 6.26. The molecule has 0 N–H and O–H groups in total. The molecule has 12 aromatic rings. The van der Waals surface area contributed by atoms with Crippen molar-refractivity contribution in [1.29, 1.82) is 0 Å². The van der Waals surface area contributed by atoms with Gasteiger partial charge in [-0.05, 0) is 149 Å². The molecule has 2 heterocycles. The van der Waals surface area contributed by atoms with Crippen LogP contribution in [-0.2, 0) is 5.41 Å². The lowest BCUT2D eigenvalue weighted by atomic mass is 9.81. The van der Waals surface area contributed by atoms with Gasteiger partial charge in [-0.15, -0.1) is 0 Å². The van der Waals surface area contributed by atoms with Crippen LogP contribution < -0.4 is 0 Å². The van der Waals surface area contributed by atoms with Crippen molar-refractivity contribution in [2.24, 2.45) is 0 Å². The minimum atomic E-state index is -0.0941. The standard InChI is InChI=1S/C57H36O2/c1-57(2)51-17-9-7-15-44(51)45-23-20-35(30-52(45)57)38-26-36(33-19-22-43-41-13-4-3-11-39(41)40-12-5-6-14-42(40)47(43)28-33)25-37(27-38)34-21-24-54-48(29-34)50-32-55-49(31-56(50)59-54)46-16-8-10-18-53(46)58-55/h3-32H,1-2H3. The van der Waals surface area contributed by atoms with Gasteiger partial charge in [-0.3, -0.25) is 0 Å². The van der Waals surface area contributed by atoms with Gasteiger partial charge in [0.05, 0.1) is 0 Å². The van der Waals surface area contributed by atoms with Gasteiger partial charge in [-0.1, -0.05) is 135 Å². The number of hydrogen-bond donors (Lipinski definition) is 0. The van der Waals surface area contributed by atoms with Crippen LogP contribution in [0.3, 0.4) is 0 Å². The third kappa shape index (κ3) is 4.69. The molecule has 0 radical (unpaired) electrons. The fraction of sp³-hybridized carbons (Fsp3) is 0.0526. The van der Waals surface area contributed by atoms with Crippen molar-refractivity contribution in [3.8, 4) is 44.5 Å². The van der Waals surface area contributed by atoms with E-state index in [1.165, 1.54) is 76.8 Å². The van der Waals surface area contributed by atoms with Gasteiger partial charge in [0.2, 0.25) is 0 Å². The van der Waals surface area contributed by atoms with Gasteiger partial charge in [-0.2, -0.15) is 0 Å². The molecule has 0 bridgehead atoms. The lowest BCUT2D eigenvalue weighted by molar-refractivity contribution is 0.660. The Morgan fingerprint density at radius 3 is 1.39 bits per heavy atom. The lowest BCUT2D eigenvalue weighted by Crippen LogP contribution is -2.14. The summed E-state index contributed by atoms with van der Waals surface area (Å²) >= 11 is 0. The van der Waals surface area contributed by atoms with E-state index < -0.39 is 0 Å². The number of furan rings is 2. The maximum Gasteiger partial charge on any atom is 0.136 e. The van der Waals surface area contributed by atoms with Gasteiger partial charge in [0.15, 0.2) is 0 Å². The normalized spacial score (nSPS) is 13.4. The third-order valence-electron chi connectivity index (χ3n) is 13.2. The quantitative estimate of drug-likeness (QED) is 0.168. The molecule has 2 nitrogen and oxygen atoms in total. The van der Waals surface area contributed by atoms with Crippen molar-refractivity contribution >= 4 is 76.2 Å². The van der Waals surface area contributed by atoms with Crippen LogP contribution in [0.1, 0.15) is 25.0 Å². The maximum atomic E-state index is 6.51. The van der Waals surface area contributed by atoms with Crippen LogP contribution in [0.5, 0.6) is 0 Å². The molecule has 10 aromatic carbocycles. The number of hydrogen-bond acceptors (Lipinski definition) is 2. The molecule has 0 unspecified atom stereocenters. The molecule has 0 atom stereocenters. The molecular weight excluding hydrogens is 717 g/mol. The molecule has 1 aliphatic carbocycles. The topological polar surface area (TPSA) is 26.3 Å². The van der Waals surface area contributed by atoms with E-state index in [0.29, 0.717) is 0 Å². The highest BCUT2D eigenvalue weighted by Gasteiger charge is 2.35. The van der Waals surface area contributed by atoms with E-state index in [9.17, 15) is 0 Å². The highest BCUT2D eigenvalue weighted by Crippen LogP contribution is 2.50. The van der Waals surface area contributed by atoms with Crippen LogP contribution >= 0.6 is 0 Å². The first-order valence-corrected chi connectivity index (χ1v) is 20.5. The fourth-order valence-corrected chi connectivity index (χ4v) is 10.3. The van der Waals surface area contributed by atoms with Gasteiger partial charge < -0.3 is 8.83 Å². The summed E-state index contributed by atoms with van der Waals surface area (Å²) in [5.41, 5.74) is 15.9. The van der Waals surface area contributed by atoms with Crippen molar-refractivity contribution in [1.82, 2.24) is 0 Å². The van der Waals surface area contributed by atoms with Gasteiger partial charge in [0, 0.05) is 27.0 Å². The van der Waals surface area contributed by atoms with Crippen LogP contribution in [-0.4, -0.2) is 0 Å². The Morgan fingerprint density at radius 2 is 0.712 bits per heavy atom. The Kier molecular flexibility index (Phi) is 6.54. The summed E-state index contributed by atoms with van der Waals surface area (Å²) in [7, 11) is 0. The maximum absolute atomic E-state index is 6.51. The second kappa shape index (κ2) is 11.8. The molecule has 0 aliphatic heterocycles. The largest absolute Gasteiger partial charge is 0.456 e. The third-order valence-corrected chi connectivity index (χ3v) is 13.2. The first-order chi connectivity index (χ1) is 29.0. The van der Waals surface area contributed by atoms with Crippen LogP contribution in [0.15, 0.2) is 191 Å². The summed E-state index contributed by atoms with van der Waals surface area (Å²) in [5, 5.41) is 12.0. The van der Waals surface area contributed by atoms with Crippen LogP contribution in [0.2, 0.25) is 0 Å². The predicted molar refractivity (Wildman–Crippen MR) is 247 cm³/mol. The van der Waals surface area contributed by atoms with E-state index in [0.717, 1.165) is 55.0 Å². The van der Waals surface area contributed by atoms with Crippen molar-refractivity contribution in [2.45, 2.75) is 19.3 Å². The van der Waals surface area contributed by atoms with Crippen molar-refractivity contribution in [2.75, 3.05) is 0 Å². The number of rotatable bonds is 3. The van der Waals surface area contributed by atoms with Crippen LogP contribution in [0, 0.1) is 0 Å². The zero-order chi connectivity index (χ0) is 39.0.